The van der Waals surface area contributed by atoms with E-state index < -0.39 is 0 Å². The molecule has 0 amide bonds. The number of nitrogens with one attached hydrogen (secondary N) is 1. The Labute approximate surface area is 93.4 Å². The Morgan fingerprint density at radius 3 is 2.81 bits per heavy atom. The summed E-state index contributed by atoms with van der Waals surface area (Å²) in [5.41, 5.74) is 2.37. The first-order valence-corrected chi connectivity index (χ1v) is 5.22. The van der Waals surface area contributed by atoms with Gasteiger partial charge >= 0.3 is 0 Å². The van der Waals surface area contributed by atoms with Crippen LogP contribution in [0.3, 0.4) is 0 Å². The highest BCUT2D eigenvalue weighted by Crippen LogP contribution is 2.13. The highest BCUT2D eigenvalue weighted by molar-refractivity contribution is 5.57. The summed E-state index contributed by atoms with van der Waals surface area (Å²) in [6.07, 6.45) is 2.44. The van der Waals surface area contributed by atoms with Crippen LogP contribution in [0.25, 0.3) is 11.3 Å². The monoisotopic (exact) mass is 215 g/mol. The first-order valence-electron chi connectivity index (χ1n) is 5.22. The zero-order valence-corrected chi connectivity index (χ0v) is 9.32. The van der Waals surface area contributed by atoms with E-state index in [2.05, 4.69) is 15.0 Å². The summed E-state index contributed by atoms with van der Waals surface area (Å²) < 4.78 is 0. The average Bonchev–Trinajstić information content (AvgIpc) is 2.29. The third-order valence-electron chi connectivity index (χ3n) is 2.33. The minimum absolute atomic E-state index is 0.123. The van der Waals surface area contributed by atoms with Crippen LogP contribution >= 0.6 is 0 Å². The summed E-state index contributed by atoms with van der Waals surface area (Å²) in [6.45, 7) is 3.88. The van der Waals surface area contributed by atoms with Crippen molar-refractivity contribution < 1.29 is 0 Å². The molecule has 0 aliphatic rings. The molecule has 2 aromatic heterocycles. The Morgan fingerprint density at radius 2 is 2.19 bits per heavy atom. The second-order valence-corrected chi connectivity index (χ2v) is 3.62. The molecule has 4 nitrogen and oxygen atoms in total. The van der Waals surface area contributed by atoms with Gasteiger partial charge in [-0.2, -0.15) is 0 Å². The van der Waals surface area contributed by atoms with Crippen LogP contribution in [-0.4, -0.2) is 15.0 Å². The molecule has 82 valence electrons. The van der Waals surface area contributed by atoms with Crippen LogP contribution in [0.15, 0.2) is 29.2 Å². The van der Waals surface area contributed by atoms with E-state index in [0.29, 0.717) is 17.9 Å². The van der Waals surface area contributed by atoms with Crippen molar-refractivity contribution in [1.29, 1.82) is 0 Å². The number of hydrogen-bond acceptors (Lipinski definition) is 3. The fraction of sp³-hybridized carbons (Fsp3) is 0.250. The lowest BCUT2D eigenvalue weighted by Gasteiger charge is -2.02. The number of nitrogens with zero attached hydrogens (tertiary/aromatic N) is 2. The van der Waals surface area contributed by atoms with Gasteiger partial charge in [0.1, 0.15) is 5.82 Å². The Morgan fingerprint density at radius 1 is 1.38 bits per heavy atom. The van der Waals surface area contributed by atoms with Gasteiger partial charge in [0.2, 0.25) is 0 Å². The topological polar surface area (TPSA) is 58.6 Å². The number of aromatic amines is 1. The molecule has 2 rings (SSSR count). The Hall–Kier alpha value is -1.97. The van der Waals surface area contributed by atoms with E-state index in [1.807, 2.05) is 26.0 Å². The van der Waals surface area contributed by atoms with Crippen LogP contribution in [0.5, 0.6) is 0 Å². The highest BCUT2D eigenvalue weighted by Gasteiger charge is 2.03. The molecule has 1 N–H and O–H groups in total. The molecule has 0 saturated carbocycles. The van der Waals surface area contributed by atoms with E-state index >= 15 is 0 Å². The number of aryl methyl sites for hydroxylation is 2. The smallest absolute Gasteiger partial charge is 0.251 e. The molecule has 0 aliphatic heterocycles. The zero-order chi connectivity index (χ0) is 11.5. The number of H-pyrrole nitrogens is 1. The molecule has 0 aromatic carbocycles. The molecule has 16 heavy (non-hydrogen) atoms. The fourth-order valence-electron chi connectivity index (χ4n) is 1.44. The van der Waals surface area contributed by atoms with Crippen molar-refractivity contribution in [2.75, 3.05) is 0 Å². The summed E-state index contributed by atoms with van der Waals surface area (Å²) in [7, 11) is 0. The largest absolute Gasteiger partial charge is 0.311 e. The zero-order valence-electron chi connectivity index (χ0n) is 9.32. The summed E-state index contributed by atoms with van der Waals surface area (Å²) in [4.78, 5) is 22.6. The summed E-state index contributed by atoms with van der Waals surface area (Å²) in [5, 5.41) is 0. The quantitative estimate of drug-likeness (QED) is 0.829. The molecule has 0 spiro atoms. The maximum Gasteiger partial charge on any atom is 0.251 e. The molecule has 4 heteroatoms. The first kappa shape index (κ1) is 10.5. The fourth-order valence-corrected chi connectivity index (χ4v) is 1.44. The Bertz CT molecular complexity index is 543. The number of aromatic nitrogens is 3. The summed E-state index contributed by atoms with van der Waals surface area (Å²) in [5.74, 6) is 0.697. The van der Waals surface area contributed by atoms with Gasteiger partial charge in [0, 0.05) is 29.9 Å². The minimum atomic E-state index is -0.123. The summed E-state index contributed by atoms with van der Waals surface area (Å²) >= 11 is 0. The maximum atomic E-state index is 11.4. The number of pyridine rings is 1. The van der Waals surface area contributed by atoms with Gasteiger partial charge in [0.15, 0.2) is 0 Å². The van der Waals surface area contributed by atoms with E-state index in [1.165, 1.54) is 6.07 Å². The van der Waals surface area contributed by atoms with Crippen molar-refractivity contribution in [2.24, 2.45) is 0 Å². The predicted octanol–water partition coefficient (Wildman–Crippen LogP) is 1.70. The van der Waals surface area contributed by atoms with E-state index in [0.717, 1.165) is 11.3 Å². The van der Waals surface area contributed by atoms with E-state index in [-0.39, 0.29) is 5.56 Å². The maximum absolute atomic E-state index is 11.4. The van der Waals surface area contributed by atoms with Gasteiger partial charge in [-0.05, 0) is 19.1 Å². The van der Waals surface area contributed by atoms with Crippen LogP contribution in [0.4, 0.5) is 0 Å². The van der Waals surface area contributed by atoms with Gasteiger partial charge in [0.25, 0.3) is 5.56 Å². The van der Waals surface area contributed by atoms with Crippen LogP contribution in [-0.2, 0) is 6.42 Å². The van der Waals surface area contributed by atoms with Crippen molar-refractivity contribution in [3.63, 3.8) is 0 Å². The van der Waals surface area contributed by atoms with Crippen molar-refractivity contribution in [3.05, 3.63) is 46.3 Å². The molecule has 0 unspecified atom stereocenters. The minimum Gasteiger partial charge on any atom is -0.311 e. The molecular weight excluding hydrogens is 202 g/mol. The molecule has 0 radical (unpaired) electrons. The van der Waals surface area contributed by atoms with Crippen molar-refractivity contribution >= 4 is 0 Å². The first-order chi connectivity index (χ1) is 7.69. The summed E-state index contributed by atoms with van der Waals surface area (Å²) in [6, 6.07) is 5.32. The molecule has 0 atom stereocenters. The third kappa shape index (κ3) is 2.16. The molecular formula is C12H13N3O. The van der Waals surface area contributed by atoms with Crippen molar-refractivity contribution in [2.45, 2.75) is 20.3 Å². The van der Waals surface area contributed by atoms with Gasteiger partial charge < -0.3 is 4.98 Å². The van der Waals surface area contributed by atoms with E-state index in [1.54, 1.807) is 6.20 Å². The predicted molar refractivity (Wildman–Crippen MR) is 62.2 cm³/mol. The Balaban J connectivity index is 2.51. The SMILES string of the molecule is CCc1nc(-c2ccc(C)nc2)cc(=O)[nH]1. The normalized spacial score (nSPS) is 10.4. The second-order valence-electron chi connectivity index (χ2n) is 3.62. The second kappa shape index (κ2) is 4.26. The number of hydrogen-bond donors (Lipinski definition) is 1. The van der Waals surface area contributed by atoms with E-state index in [9.17, 15) is 4.79 Å². The van der Waals surface area contributed by atoms with Gasteiger partial charge in [0.05, 0.1) is 5.69 Å². The molecule has 0 aliphatic carbocycles. The molecule has 2 aromatic rings. The van der Waals surface area contributed by atoms with E-state index in [4.69, 9.17) is 0 Å². The van der Waals surface area contributed by atoms with Gasteiger partial charge in [-0.15, -0.1) is 0 Å². The van der Waals surface area contributed by atoms with Gasteiger partial charge in [-0.3, -0.25) is 9.78 Å². The average molecular weight is 215 g/mol. The van der Waals surface area contributed by atoms with Gasteiger partial charge in [-0.25, -0.2) is 4.98 Å². The van der Waals surface area contributed by atoms with Crippen LogP contribution in [0.2, 0.25) is 0 Å². The lowest BCUT2D eigenvalue weighted by Crippen LogP contribution is -2.10. The standard InChI is InChI=1S/C12H13N3O/c1-3-11-14-10(6-12(16)15-11)9-5-4-8(2)13-7-9/h4-7H,3H2,1-2H3,(H,14,15,16). The molecule has 0 saturated heterocycles. The lowest BCUT2D eigenvalue weighted by molar-refractivity contribution is 0.923. The van der Waals surface area contributed by atoms with Crippen molar-refractivity contribution in [3.8, 4) is 11.3 Å². The van der Waals surface area contributed by atoms with Crippen LogP contribution < -0.4 is 5.56 Å². The lowest BCUT2D eigenvalue weighted by atomic mass is 10.2. The third-order valence-corrected chi connectivity index (χ3v) is 2.33. The van der Waals surface area contributed by atoms with Crippen LogP contribution in [0.1, 0.15) is 18.4 Å². The van der Waals surface area contributed by atoms with Crippen molar-refractivity contribution in [1.82, 2.24) is 15.0 Å². The molecule has 0 fully saturated rings. The van der Waals surface area contributed by atoms with Crippen LogP contribution in [0, 0.1) is 6.92 Å². The van der Waals surface area contributed by atoms with Gasteiger partial charge in [-0.1, -0.05) is 6.92 Å². The Kier molecular flexibility index (Phi) is 2.81. The highest BCUT2D eigenvalue weighted by atomic mass is 16.1. The molecule has 0 bridgehead atoms. The number of rotatable bonds is 2. The molecule has 2 heterocycles.